The molecule has 1 N–H and O–H groups in total. The molecule has 1 aliphatic rings. The number of carbonyl (C=O) groups excluding carboxylic acids is 1. The normalized spacial score (nSPS) is 14.0. The summed E-state index contributed by atoms with van der Waals surface area (Å²) in [6, 6.07) is 13.8. The number of hydrogen-bond acceptors (Lipinski definition) is 4. The number of aromatic nitrogens is 1. The largest absolute Gasteiger partial charge is 0.462 e. The second kappa shape index (κ2) is 5.42. The molecule has 4 nitrogen and oxygen atoms in total. The van der Waals surface area contributed by atoms with Gasteiger partial charge in [0, 0.05) is 11.6 Å². The van der Waals surface area contributed by atoms with Crippen molar-refractivity contribution >= 4 is 17.2 Å². The minimum absolute atomic E-state index is 0.0448. The third-order valence-corrected chi connectivity index (χ3v) is 4.59. The molecule has 2 heterocycles. The van der Waals surface area contributed by atoms with Crippen molar-refractivity contribution in [1.29, 1.82) is 0 Å². The van der Waals surface area contributed by atoms with E-state index in [1.54, 1.807) is 6.26 Å². The van der Waals surface area contributed by atoms with E-state index in [1.165, 1.54) is 11.3 Å². The van der Waals surface area contributed by atoms with Gasteiger partial charge in [0.2, 0.25) is 0 Å². The quantitative estimate of drug-likeness (QED) is 0.793. The van der Waals surface area contributed by atoms with Gasteiger partial charge in [-0.25, -0.2) is 4.98 Å². The van der Waals surface area contributed by atoms with Gasteiger partial charge in [0.05, 0.1) is 12.0 Å². The molecule has 0 atom stereocenters. The Hall–Kier alpha value is -2.40. The number of furan rings is 1. The summed E-state index contributed by atoms with van der Waals surface area (Å²) in [5.74, 6) is 0.643. The summed E-state index contributed by atoms with van der Waals surface area (Å²) in [6.07, 6.45) is 3.75. The summed E-state index contributed by atoms with van der Waals surface area (Å²) in [6.45, 7) is 0. The van der Waals surface area contributed by atoms with E-state index in [1.807, 2.05) is 42.5 Å². The lowest BCUT2D eigenvalue weighted by molar-refractivity contribution is 0.0955. The number of carbonyl (C=O) groups is 1. The van der Waals surface area contributed by atoms with Gasteiger partial charge < -0.3 is 9.73 Å². The molecule has 3 aromatic rings. The molecule has 0 radical (unpaired) electrons. The highest BCUT2D eigenvalue weighted by molar-refractivity contribution is 7.17. The molecule has 110 valence electrons. The van der Waals surface area contributed by atoms with E-state index in [0.717, 1.165) is 29.1 Å². The monoisotopic (exact) mass is 310 g/mol. The molecule has 0 aliphatic heterocycles. The molecule has 22 heavy (non-hydrogen) atoms. The van der Waals surface area contributed by atoms with E-state index in [9.17, 15) is 4.79 Å². The molecular formula is C17H14N2O2S. The van der Waals surface area contributed by atoms with Crippen LogP contribution in [-0.2, 0) is 0 Å². The lowest BCUT2D eigenvalue weighted by Crippen LogP contribution is -2.24. The molecule has 0 spiro atoms. The summed E-state index contributed by atoms with van der Waals surface area (Å²) in [5.41, 5.74) is 1.66. The van der Waals surface area contributed by atoms with Gasteiger partial charge in [0.15, 0.2) is 10.8 Å². The summed E-state index contributed by atoms with van der Waals surface area (Å²) in [7, 11) is 0. The molecule has 4 rings (SSSR count). The van der Waals surface area contributed by atoms with Crippen molar-refractivity contribution < 1.29 is 9.21 Å². The second-order valence-electron chi connectivity index (χ2n) is 5.29. The molecule has 0 bridgehead atoms. The van der Waals surface area contributed by atoms with E-state index >= 15 is 0 Å². The zero-order chi connectivity index (χ0) is 14.9. The fourth-order valence-electron chi connectivity index (χ4n) is 2.25. The molecule has 1 amide bonds. The predicted molar refractivity (Wildman–Crippen MR) is 85.7 cm³/mol. The molecule has 1 saturated carbocycles. The number of hydrogen-bond donors (Lipinski definition) is 1. The van der Waals surface area contributed by atoms with Crippen LogP contribution in [0.3, 0.4) is 0 Å². The van der Waals surface area contributed by atoms with E-state index < -0.39 is 0 Å². The van der Waals surface area contributed by atoms with Crippen molar-refractivity contribution in [1.82, 2.24) is 10.3 Å². The first-order chi connectivity index (χ1) is 10.8. The molecular weight excluding hydrogens is 296 g/mol. The van der Waals surface area contributed by atoms with Gasteiger partial charge in [-0.05, 0) is 25.0 Å². The first-order valence-corrected chi connectivity index (χ1v) is 8.04. The first kappa shape index (κ1) is 13.3. The lowest BCUT2D eigenvalue weighted by Gasteiger charge is -2.03. The Morgan fingerprint density at radius 1 is 1.18 bits per heavy atom. The van der Waals surface area contributed by atoms with E-state index in [0.29, 0.717) is 16.7 Å². The Morgan fingerprint density at radius 2 is 2.00 bits per heavy atom. The van der Waals surface area contributed by atoms with Crippen LogP contribution in [0.2, 0.25) is 0 Å². The van der Waals surface area contributed by atoms with Crippen LogP contribution in [0.1, 0.15) is 22.5 Å². The van der Waals surface area contributed by atoms with E-state index in [4.69, 9.17) is 4.42 Å². The summed E-state index contributed by atoms with van der Waals surface area (Å²) in [4.78, 5) is 17.8. The highest BCUT2D eigenvalue weighted by Gasteiger charge is 2.27. The highest BCUT2D eigenvalue weighted by atomic mass is 32.1. The summed E-state index contributed by atoms with van der Waals surface area (Å²) in [5, 5.41) is 3.77. The number of nitrogens with zero attached hydrogens (tertiary/aromatic N) is 1. The number of amides is 1. The van der Waals surface area contributed by atoms with Crippen LogP contribution < -0.4 is 5.32 Å². The first-order valence-electron chi connectivity index (χ1n) is 7.22. The maximum Gasteiger partial charge on any atom is 0.263 e. The van der Waals surface area contributed by atoms with Crippen molar-refractivity contribution in [3.8, 4) is 22.0 Å². The minimum Gasteiger partial charge on any atom is -0.462 e. The van der Waals surface area contributed by atoms with Crippen LogP contribution in [0.5, 0.6) is 0 Å². The standard InChI is InChI=1S/C17H14N2O2S/c20-16(18-12-8-9-12)15-14(11-5-2-1-3-6-11)19-17(22-15)13-7-4-10-21-13/h1-7,10,12H,8-9H2,(H,18,20). The maximum absolute atomic E-state index is 12.5. The van der Waals surface area contributed by atoms with Gasteiger partial charge in [-0.15, -0.1) is 11.3 Å². The summed E-state index contributed by atoms with van der Waals surface area (Å²) >= 11 is 1.37. The Bertz CT molecular complexity index is 789. The van der Waals surface area contributed by atoms with Crippen LogP contribution in [-0.4, -0.2) is 16.9 Å². The number of nitrogens with one attached hydrogen (secondary N) is 1. The fourth-order valence-corrected chi connectivity index (χ4v) is 3.21. The number of benzene rings is 1. The maximum atomic E-state index is 12.5. The molecule has 1 aromatic carbocycles. The molecule has 1 fully saturated rings. The van der Waals surface area contributed by atoms with E-state index in [-0.39, 0.29) is 5.91 Å². The second-order valence-corrected chi connectivity index (χ2v) is 6.29. The van der Waals surface area contributed by atoms with Gasteiger partial charge in [-0.3, -0.25) is 4.79 Å². The Balaban J connectivity index is 1.78. The predicted octanol–water partition coefficient (Wildman–Crippen LogP) is 3.96. The molecule has 0 saturated heterocycles. The third-order valence-electron chi connectivity index (χ3n) is 3.53. The van der Waals surface area contributed by atoms with Gasteiger partial charge >= 0.3 is 0 Å². The zero-order valence-corrected chi connectivity index (χ0v) is 12.6. The Labute approximate surface area is 131 Å². The fraction of sp³-hybridized carbons (Fsp3) is 0.176. The topological polar surface area (TPSA) is 55.1 Å². The summed E-state index contributed by atoms with van der Waals surface area (Å²) < 4.78 is 5.41. The Kier molecular flexibility index (Phi) is 3.27. The highest BCUT2D eigenvalue weighted by Crippen LogP contribution is 2.34. The van der Waals surface area contributed by atoms with Crippen molar-refractivity contribution in [2.75, 3.05) is 0 Å². The minimum atomic E-state index is -0.0448. The van der Waals surface area contributed by atoms with Crippen LogP contribution in [0.15, 0.2) is 53.1 Å². The average Bonchev–Trinajstić information content (AvgIpc) is 3.06. The van der Waals surface area contributed by atoms with Crippen LogP contribution >= 0.6 is 11.3 Å². The van der Waals surface area contributed by atoms with Gasteiger partial charge in [0.1, 0.15) is 4.88 Å². The van der Waals surface area contributed by atoms with Crippen molar-refractivity contribution in [2.45, 2.75) is 18.9 Å². The molecule has 2 aromatic heterocycles. The number of rotatable bonds is 4. The average molecular weight is 310 g/mol. The van der Waals surface area contributed by atoms with Gasteiger partial charge in [-0.1, -0.05) is 30.3 Å². The number of thiazole rings is 1. The molecule has 0 unspecified atom stereocenters. The van der Waals surface area contributed by atoms with Gasteiger partial charge in [0.25, 0.3) is 5.91 Å². The Morgan fingerprint density at radius 3 is 2.68 bits per heavy atom. The molecule has 1 aliphatic carbocycles. The van der Waals surface area contributed by atoms with Crippen LogP contribution in [0, 0.1) is 0 Å². The van der Waals surface area contributed by atoms with Crippen LogP contribution in [0.25, 0.3) is 22.0 Å². The van der Waals surface area contributed by atoms with Crippen LogP contribution in [0.4, 0.5) is 0 Å². The zero-order valence-electron chi connectivity index (χ0n) is 11.8. The lowest BCUT2D eigenvalue weighted by atomic mass is 10.1. The van der Waals surface area contributed by atoms with Crippen molar-refractivity contribution in [3.63, 3.8) is 0 Å². The molecule has 5 heteroatoms. The van der Waals surface area contributed by atoms with Gasteiger partial charge in [-0.2, -0.15) is 0 Å². The SMILES string of the molecule is O=C(NC1CC1)c1sc(-c2ccco2)nc1-c1ccccc1. The van der Waals surface area contributed by atoms with Crippen molar-refractivity contribution in [3.05, 3.63) is 53.6 Å². The van der Waals surface area contributed by atoms with E-state index in [2.05, 4.69) is 10.3 Å². The third kappa shape index (κ3) is 2.55. The smallest absolute Gasteiger partial charge is 0.263 e. The van der Waals surface area contributed by atoms with Crippen molar-refractivity contribution in [2.24, 2.45) is 0 Å².